The normalized spacial score (nSPS) is 20.1. The summed E-state index contributed by atoms with van der Waals surface area (Å²) >= 11 is 0. The van der Waals surface area contributed by atoms with E-state index in [0.717, 1.165) is 122 Å². The van der Waals surface area contributed by atoms with Gasteiger partial charge in [0.15, 0.2) is 6.29 Å². The van der Waals surface area contributed by atoms with Crippen LogP contribution in [0.4, 0.5) is 0 Å². The van der Waals surface area contributed by atoms with Crippen molar-refractivity contribution in [3.05, 3.63) is 122 Å². The molecule has 4 N–H and O–H groups in total. The molecule has 9 heteroatoms. The van der Waals surface area contributed by atoms with Crippen LogP contribution in [0.1, 0.15) is 181 Å². The van der Waals surface area contributed by atoms with Crippen LogP contribution in [0.3, 0.4) is 0 Å². The maximum atomic E-state index is 12.8. The van der Waals surface area contributed by atoms with E-state index in [0.29, 0.717) is 6.61 Å². The molecule has 386 valence electrons. The van der Waals surface area contributed by atoms with Gasteiger partial charge in [0, 0.05) is 13.0 Å². The fourth-order valence-electron chi connectivity index (χ4n) is 7.24. The zero-order chi connectivity index (χ0) is 49.2. The number of allylic oxidation sites excluding steroid dienone is 20. The van der Waals surface area contributed by atoms with Crippen molar-refractivity contribution >= 4 is 5.97 Å². The lowest BCUT2D eigenvalue weighted by Crippen LogP contribution is -2.59. The summed E-state index contributed by atoms with van der Waals surface area (Å²) in [5.41, 5.74) is 0. The van der Waals surface area contributed by atoms with Gasteiger partial charge in [0.2, 0.25) is 0 Å². The van der Waals surface area contributed by atoms with Crippen molar-refractivity contribution in [2.45, 2.75) is 218 Å². The smallest absolute Gasteiger partial charge is 0.306 e. The number of rotatable bonds is 44. The summed E-state index contributed by atoms with van der Waals surface area (Å²) in [4.78, 5) is 12.8. The molecule has 0 bridgehead atoms. The van der Waals surface area contributed by atoms with Crippen LogP contribution in [0, 0.1) is 0 Å². The SMILES string of the molecule is CC/C=C\C/C=C\C/C=C\C/C=C\C/C=C\C/C=C\C/C=C\CCCCCCOCC(COC1OC(CO)C(O)C(O)C1O)OC(=O)CCCCCCCC/C=C\C/C=C\C/C=C\CCCCC. The van der Waals surface area contributed by atoms with Gasteiger partial charge in [-0.2, -0.15) is 0 Å². The highest BCUT2D eigenvalue weighted by molar-refractivity contribution is 5.69. The summed E-state index contributed by atoms with van der Waals surface area (Å²) in [5, 5.41) is 40.3. The Morgan fingerprint density at radius 1 is 0.485 bits per heavy atom. The van der Waals surface area contributed by atoms with E-state index >= 15 is 0 Å². The van der Waals surface area contributed by atoms with Gasteiger partial charge in [0.05, 0.1) is 19.8 Å². The molecule has 68 heavy (non-hydrogen) atoms. The van der Waals surface area contributed by atoms with Crippen LogP contribution >= 0.6 is 0 Å². The van der Waals surface area contributed by atoms with Crippen molar-refractivity contribution in [3.63, 3.8) is 0 Å². The molecule has 1 saturated heterocycles. The van der Waals surface area contributed by atoms with Gasteiger partial charge in [-0.05, 0) is 109 Å². The molecular formula is C59H96O9. The van der Waals surface area contributed by atoms with Crippen molar-refractivity contribution in [3.8, 4) is 0 Å². The van der Waals surface area contributed by atoms with E-state index in [-0.39, 0.29) is 25.6 Å². The van der Waals surface area contributed by atoms with Crippen molar-refractivity contribution in [1.29, 1.82) is 0 Å². The molecule has 1 aliphatic heterocycles. The number of esters is 1. The maximum Gasteiger partial charge on any atom is 0.306 e. The second-order valence-electron chi connectivity index (χ2n) is 17.6. The highest BCUT2D eigenvalue weighted by Crippen LogP contribution is 2.22. The molecule has 1 aliphatic rings. The Kier molecular flexibility index (Phi) is 44.8. The molecular weight excluding hydrogens is 853 g/mol. The van der Waals surface area contributed by atoms with Crippen molar-refractivity contribution in [1.82, 2.24) is 0 Å². The molecule has 1 rings (SSSR count). The number of unbranched alkanes of at least 4 members (excludes halogenated alkanes) is 13. The van der Waals surface area contributed by atoms with Crippen molar-refractivity contribution in [2.75, 3.05) is 26.4 Å². The molecule has 0 spiro atoms. The van der Waals surface area contributed by atoms with Gasteiger partial charge in [-0.15, -0.1) is 0 Å². The minimum absolute atomic E-state index is 0.113. The molecule has 0 aromatic rings. The number of aliphatic hydroxyl groups excluding tert-OH is 4. The number of hydrogen-bond donors (Lipinski definition) is 4. The van der Waals surface area contributed by atoms with E-state index in [2.05, 4.69) is 135 Å². The minimum atomic E-state index is -1.55. The molecule has 0 aromatic heterocycles. The zero-order valence-corrected chi connectivity index (χ0v) is 42.6. The van der Waals surface area contributed by atoms with Crippen LogP contribution in [0.25, 0.3) is 0 Å². The van der Waals surface area contributed by atoms with E-state index < -0.39 is 43.4 Å². The number of carbonyl (C=O) groups is 1. The first kappa shape index (κ1) is 62.6. The van der Waals surface area contributed by atoms with Crippen molar-refractivity contribution in [2.24, 2.45) is 0 Å². The Labute approximate surface area is 414 Å². The molecule has 1 fully saturated rings. The molecule has 6 unspecified atom stereocenters. The van der Waals surface area contributed by atoms with Gasteiger partial charge in [-0.3, -0.25) is 4.79 Å². The van der Waals surface area contributed by atoms with Crippen LogP contribution in [0.15, 0.2) is 122 Å². The molecule has 1 heterocycles. The van der Waals surface area contributed by atoms with Gasteiger partial charge in [-0.25, -0.2) is 0 Å². The van der Waals surface area contributed by atoms with E-state index in [9.17, 15) is 25.2 Å². The second-order valence-corrected chi connectivity index (χ2v) is 17.6. The third-order valence-electron chi connectivity index (χ3n) is 11.4. The topological polar surface area (TPSA) is 135 Å². The lowest BCUT2D eigenvalue weighted by molar-refractivity contribution is -0.305. The lowest BCUT2D eigenvalue weighted by Gasteiger charge is -2.39. The summed E-state index contributed by atoms with van der Waals surface area (Å²) in [7, 11) is 0. The fraction of sp³-hybridized carbons (Fsp3) is 0.644. The number of hydrogen-bond acceptors (Lipinski definition) is 9. The monoisotopic (exact) mass is 949 g/mol. The van der Waals surface area contributed by atoms with Crippen molar-refractivity contribution < 1.29 is 44.2 Å². The standard InChI is InChI=1S/C59H96O9/c1-3-5-7-9-11-13-15-17-19-21-23-24-25-26-27-28-29-31-33-35-37-39-41-43-45-47-49-65-51-53(52-66-59-58(64)57(63)56(62)54(50-60)68-59)67-55(61)48-46-44-42-40-38-36-34-32-30-22-20-18-16-14-12-10-8-6-4-2/h5,7,11-14,17-20,23-24,26-27,29-32,35,37,53-54,56-60,62-64H,3-4,6,8-10,15-16,21-22,25,28,33-34,36,38-52H2,1-2H3/b7-5-,13-11-,14-12-,19-17-,20-18-,24-23-,27-26-,31-29-,32-30-,37-35-. The quantitative estimate of drug-likeness (QED) is 0.0267. The number of aliphatic hydroxyl groups is 4. The van der Waals surface area contributed by atoms with Gasteiger partial charge in [-0.1, -0.05) is 187 Å². The molecule has 9 nitrogen and oxygen atoms in total. The highest BCUT2D eigenvalue weighted by Gasteiger charge is 2.44. The molecule has 0 amide bonds. The predicted octanol–water partition coefficient (Wildman–Crippen LogP) is 13.5. The Morgan fingerprint density at radius 2 is 0.897 bits per heavy atom. The summed E-state index contributed by atoms with van der Waals surface area (Å²) in [5.74, 6) is -0.341. The second kappa shape index (κ2) is 48.6. The summed E-state index contributed by atoms with van der Waals surface area (Å²) in [6, 6.07) is 0. The Balaban J connectivity index is 2.25. The predicted molar refractivity (Wildman–Crippen MR) is 283 cm³/mol. The lowest BCUT2D eigenvalue weighted by atomic mass is 9.99. The number of carbonyl (C=O) groups excluding carboxylic acids is 1. The van der Waals surface area contributed by atoms with Crippen LogP contribution in [-0.2, 0) is 23.7 Å². The molecule has 0 saturated carbocycles. The van der Waals surface area contributed by atoms with Crippen LogP contribution in [-0.4, -0.2) is 89.6 Å². The zero-order valence-electron chi connectivity index (χ0n) is 42.6. The highest BCUT2D eigenvalue weighted by atomic mass is 16.7. The molecule has 0 radical (unpaired) electrons. The van der Waals surface area contributed by atoms with Crippen LogP contribution in [0.5, 0.6) is 0 Å². The van der Waals surface area contributed by atoms with Gasteiger partial charge < -0.3 is 39.4 Å². The molecule has 0 aromatic carbocycles. The molecule has 6 atom stereocenters. The third-order valence-corrected chi connectivity index (χ3v) is 11.4. The number of ether oxygens (including phenoxy) is 4. The van der Waals surface area contributed by atoms with E-state index in [1.165, 1.54) is 38.5 Å². The Hall–Kier alpha value is -3.41. The fourth-order valence-corrected chi connectivity index (χ4v) is 7.24. The van der Waals surface area contributed by atoms with Crippen LogP contribution < -0.4 is 0 Å². The average Bonchev–Trinajstić information content (AvgIpc) is 3.34. The van der Waals surface area contributed by atoms with E-state index in [1.807, 2.05) is 0 Å². The average molecular weight is 949 g/mol. The Bertz CT molecular complexity index is 1450. The van der Waals surface area contributed by atoms with E-state index in [4.69, 9.17) is 18.9 Å². The molecule has 0 aliphatic carbocycles. The van der Waals surface area contributed by atoms with Crippen LogP contribution in [0.2, 0.25) is 0 Å². The first-order valence-electron chi connectivity index (χ1n) is 26.6. The Morgan fingerprint density at radius 3 is 1.35 bits per heavy atom. The van der Waals surface area contributed by atoms with Gasteiger partial charge in [0.1, 0.15) is 30.5 Å². The van der Waals surface area contributed by atoms with Gasteiger partial charge in [0.25, 0.3) is 0 Å². The largest absolute Gasteiger partial charge is 0.457 e. The summed E-state index contributed by atoms with van der Waals surface area (Å²) in [6.45, 7) is 4.32. The van der Waals surface area contributed by atoms with Gasteiger partial charge >= 0.3 is 5.97 Å². The third kappa shape index (κ3) is 38.4. The minimum Gasteiger partial charge on any atom is -0.457 e. The van der Waals surface area contributed by atoms with E-state index in [1.54, 1.807) is 0 Å². The summed E-state index contributed by atoms with van der Waals surface area (Å²) < 4.78 is 22.9. The first-order chi connectivity index (χ1) is 33.4. The summed E-state index contributed by atoms with van der Waals surface area (Å²) in [6.07, 6.45) is 63.7. The maximum absolute atomic E-state index is 12.8. The first-order valence-corrected chi connectivity index (χ1v) is 26.6.